The second kappa shape index (κ2) is 8.32. The van der Waals surface area contributed by atoms with Gasteiger partial charge < -0.3 is 4.74 Å². The second-order valence-corrected chi connectivity index (χ2v) is 11.5. The van der Waals surface area contributed by atoms with Crippen LogP contribution in [-0.2, 0) is 25.8 Å². The molecule has 178 valence electrons. The number of nitrogens with zero attached hydrogens (tertiary/aromatic N) is 4. The molecule has 6 rings (SSSR count). The fourth-order valence-corrected chi connectivity index (χ4v) is 6.62. The van der Waals surface area contributed by atoms with E-state index in [2.05, 4.69) is 53.7 Å². The number of hydrogen-bond donors (Lipinski definition) is 0. The summed E-state index contributed by atoms with van der Waals surface area (Å²) in [5.74, 6) is 2.80. The van der Waals surface area contributed by atoms with Crippen molar-refractivity contribution in [3.63, 3.8) is 0 Å². The maximum Gasteiger partial charge on any atom is 0.160 e. The summed E-state index contributed by atoms with van der Waals surface area (Å²) in [6.45, 7) is 8.94. The van der Waals surface area contributed by atoms with Gasteiger partial charge in [-0.15, -0.1) is 21.5 Å². The molecule has 7 heteroatoms. The molecule has 2 aliphatic heterocycles. The van der Waals surface area contributed by atoms with Crippen molar-refractivity contribution in [2.24, 2.45) is 4.99 Å². The van der Waals surface area contributed by atoms with Gasteiger partial charge in [-0.3, -0.25) is 9.56 Å². The number of fused-ring (bicyclic) bond motifs is 4. The summed E-state index contributed by atoms with van der Waals surface area (Å²) in [6, 6.07) is 14.8. The van der Waals surface area contributed by atoms with E-state index < -0.39 is 0 Å². The molecular formula is C28H27ClN4OS. The molecule has 0 saturated carbocycles. The van der Waals surface area contributed by atoms with Gasteiger partial charge in [0, 0.05) is 27.4 Å². The molecule has 0 saturated heterocycles. The lowest BCUT2D eigenvalue weighted by Crippen LogP contribution is -2.24. The Labute approximate surface area is 214 Å². The summed E-state index contributed by atoms with van der Waals surface area (Å²) in [4.78, 5) is 6.26. The fourth-order valence-electron chi connectivity index (χ4n) is 5.17. The number of benzene rings is 2. The minimum atomic E-state index is -0.125. The molecule has 5 nitrogen and oxygen atoms in total. The largest absolute Gasteiger partial charge is 0.487 e. The Morgan fingerprint density at radius 1 is 1.06 bits per heavy atom. The molecule has 0 fully saturated rings. The summed E-state index contributed by atoms with van der Waals surface area (Å²) in [6.07, 6.45) is 2.88. The first-order valence-corrected chi connectivity index (χ1v) is 13.1. The van der Waals surface area contributed by atoms with Gasteiger partial charge in [0.05, 0.1) is 5.71 Å². The predicted octanol–water partition coefficient (Wildman–Crippen LogP) is 6.45. The van der Waals surface area contributed by atoms with E-state index in [1.807, 2.05) is 31.2 Å². The average molecular weight is 503 g/mol. The monoisotopic (exact) mass is 502 g/mol. The van der Waals surface area contributed by atoms with E-state index in [-0.39, 0.29) is 5.60 Å². The Balaban J connectivity index is 1.36. The summed E-state index contributed by atoms with van der Waals surface area (Å²) < 4.78 is 8.32. The Morgan fingerprint density at radius 2 is 1.89 bits per heavy atom. The standard InChI is InChI=1S/C28H27ClN4OS/c1-16-11-18(12-19-14-28(3,4)34-26(16)19)9-10-20-13-22-25(21-7-5-6-8-23(21)29)30-15-24-32-31-17(2)33(24)27(22)35-20/h5-8,11-13H,9-10,14-15H2,1-4H3. The van der Waals surface area contributed by atoms with Crippen LogP contribution in [-0.4, -0.2) is 26.1 Å². The number of aryl methyl sites for hydroxylation is 4. The van der Waals surface area contributed by atoms with Crippen molar-refractivity contribution in [1.82, 2.24) is 14.8 Å². The van der Waals surface area contributed by atoms with E-state index in [1.54, 1.807) is 11.3 Å². The van der Waals surface area contributed by atoms with Crippen LogP contribution in [0.15, 0.2) is 47.5 Å². The molecule has 0 unspecified atom stereocenters. The van der Waals surface area contributed by atoms with Crippen molar-refractivity contribution >= 4 is 28.6 Å². The molecule has 0 bridgehead atoms. The van der Waals surface area contributed by atoms with Crippen molar-refractivity contribution in [2.75, 3.05) is 0 Å². The fraction of sp³-hybridized carbons (Fsp3) is 0.321. The van der Waals surface area contributed by atoms with Crippen molar-refractivity contribution in [3.8, 4) is 10.8 Å². The molecule has 2 aromatic carbocycles. The van der Waals surface area contributed by atoms with E-state index in [0.29, 0.717) is 11.6 Å². The number of hydrogen-bond acceptors (Lipinski definition) is 5. The second-order valence-electron chi connectivity index (χ2n) is 10.0. The Kier molecular flexibility index (Phi) is 5.35. The molecule has 0 atom stereocenters. The number of thiophene rings is 1. The summed E-state index contributed by atoms with van der Waals surface area (Å²) in [5.41, 5.74) is 6.75. The van der Waals surface area contributed by atoms with E-state index in [9.17, 15) is 0 Å². The van der Waals surface area contributed by atoms with E-state index in [1.165, 1.54) is 21.6 Å². The molecule has 0 aliphatic carbocycles. The van der Waals surface area contributed by atoms with Gasteiger partial charge in [-0.2, -0.15) is 0 Å². The topological polar surface area (TPSA) is 52.3 Å². The molecule has 2 aromatic heterocycles. The summed E-state index contributed by atoms with van der Waals surface area (Å²) >= 11 is 8.40. The van der Waals surface area contributed by atoms with Crippen LogP contribution in [0.2, 0.25) is 5.02 Å². The van der Waals surface area contributed by atoms with Crippen LogP contribution in [0.25, 0.3) is 5.00 Å². The first-order chi connectivity index (χ1) is 16.8. The lowest BCUT2D eigenvalue weighted by Gasteiger charge is -2.17. The van der Waals surface area contributed by atoms with Gasteiger partial charge >= 0.3 is 0 Å². The molecule has 0 spiro atoms. The number of halogens is 1. The lowest BCUT2D eigenvalue weighted by molar-refractivity contribution is 0.137. The maximum absolute atomic E-state index is 6.60. The zero-order chi connectivity index (χ0) is 24.3. The minimum absolute atomic E-state index is 0.125. The van der Waals surface area contributed by atoms with Crippen LogP contribution >= 0.6 is 22.9 Å². The number of aromatic nitrogens is 3. The average Bonchev–Trinajstić information content (AvgIpc) is 3.45. The van der Waals surface area contributed by atoms with E-state index >= 15 is 0 Å². The van der Waals surface area contributed by atoms with Gasteiger partial charge in [0.1, 0.15) is 28.7 Å². The highest BCUT2D eigenvalue weighted by Crippen LogP contribution is 2.39. The van der Waals surface area contributed by atoms with Crippen LogP contribution in [0.5, 0.6) is 5.75 Å². The summed E-state index contributed by atoms with van der Waals surface area (Å²) in [5, 5.41) is 10.5. The van der Waals surface area contributed by atoms with Gasteiger partial charge in [-0.25, -0.2) is 0 Å². The van der Waals surface area contributed by atoms with Gasteiger partial charge in [0.25, 0.3) is 0 Å². The molecule has 4 heterocycles. The molecule has 35 heavy (non-hydrogen) atoms. The lowest BCUT2D eigenvalue weighted by atomic mass is 9.96. The van der Waals surface area contributed by atoms with Gasteiger partial charge in [-0.05, 0) is 69.4 Å². The van der Waals surface area contributed by atoms with E-state index in [4.69, 9.17) is 21.3 Å². The highest BCUT2D eigenvalue weighted by Gasteiger charge is 2.31. The first-order valence-electron chi connectivity index (χ1n) is 11.9. The minimum Gasteiger partial charge on any atom is -0.487 e. The van der Waals surface area contributed by atoms with Gasteiger partial charge in [-0.1, -0.05) is 41.9 Å². The Morgan fingerprint density at radius 3 is 2.71 bits per heavy atom. The third-order valence-corrected chi connectivity index (χ3v) is 8.20. The molecular weight excluding hydrogens is 476 g/mol. The van der Waals surface area contributed by atoms with Crippen LogP contribution < -0.4 is 4.74 Å². The third kappa shape index (κ3) is 3.99. The first kappa shape index (κ1) is 22.5. The Hall–Kier alpha value is -2.96. The van der Waals surface area contributed by atoms with Crippen LogP contribution in [0.3, 0.4) is 0 Å². The van der Waals surface area contributed by atoms with Crippen molar-refractivity contribution in [2.45, 2.75) is 59.1 Å². The highest BCUT2D eigenvalue weighted by molar-refractivity contribution is 7.15. The van der Waals surface area contributed by atoms with Crippen molar-refractivity contribution < 1.29 is 4.74 Å². The quantitative estimate of drug-likeness (QED) is 0.322. The Bertz CT molecular complexity index is 1500. The third-order valence-electron chi connectivity index (χ3n) is 6.69. The smallest absolute Gasteiger partial charge is 0.160 e. The molecule has 2 aliphatic rings. The highest BCUT2D eigenvalue weighted by atomic mass is 35.5. The zero-order valence-corrected chi connectivity index (χ0v) is 21.9. The SMILES string of the molecule is Cc1cc(CCc2cc3c(s2)-n2c(C)nnc2CN=C3c2ccccc2Cl)cc2c1OC(C)(C)C2. The molecule has 0 amide bonds. The maximum atomic E-state index is 6.60. The van der Waals surface area contributed by atoms with Crippen molar-refractivity contribution in [1.29, 1.82) is 0 Å². The number of ether oxygens (including phenoxy) is 1. The number of aliphatic imine (C=N–C) groups is 1. The van der Waals surface area contributed by atoms with Crippen molar-refractivity contribution in [3.05, 3.63) is 91.8 Å². The molecule has 4 aromatic rings. The molecule has 0 N–H and O–H groups in total. The predicted molar refractivity (Wildman–Crippen MR) is 142 cm³/mol. The van der Waals surface area contributed by atoms with Gasteiger partial charge in [0.15, 0.2) is 5.82 Å². The van der Waals surface area contributed by atoms with Crippen LogP contribution in [0.1, 0.15) is 58.2 Å². The molecule has 0 radical (unpaired) electrons. The van der Waals surface area contributed by atoms with Gasteiger partial charge in [0.2, 0.25) is 0 Å². The number of rotatable bonds is 4. The zero-order valence-electron chi connectivity index (χ0n) is 20.4. The van der Waals surface area contributed by atoms with E-state index in [0.717, 1.165) is 58.5 Å². The van der Waals surface area contributed by atoms with Crippen LogP contribution in [0.4, 0.5) is 0 Å². The normalized spacial score (nSPS) is 15.6. The summed E-state index contributed by atoms with van der Waals surface area (Å²) in [7, 11) is 0. The van der Waals surface area contributed by atoms with Crippen LogP contribution in [0, 0.1) is 13.8 Å².